The van der Waals surface area contributed by atoms with E-state index in [9.17, 15) is 5.11 Å². The van der Waals surface area contributed by atoms with Crippen molar-refractivity contribution in [1.82, 2.24) is 14.9 Å². The summed E-state index contributed by atoms with van der Waals surface area (Å²) in [6.45, 7) is 4.13. The number of aryl methyl sites for hydroxylation is 1. The highest BCUT2D eigenvalue weighted by atomic mass is 16.3. The average Bonchev–Trinajstić information content (AvgIpc) is 2.57. The maximum Gasteiger partial charge on any atom is 0.103 e. The number of aromatic nitrogens is 2. The van der Waals surface area contributed by atoms with E-state index in [0.29, 0.717) is 6.61 Å². The molecular formula is C12H21N3O. The number of nitrogens with zero attached hydrogens (tertiary/aromatic N) is 2. The standard InChI is InChI=1S/C12H21N3O/c1-10-13-6-11(14-10)7-15(2)8-12(9-16)4-3-5-12/h6,16H,3-5,7-9H2,1-2H3,(H,13,14). The molecule has 0 spiro atoms. The molecule has 2 rings (SSSR count). The van der Waals surface area contributed by atoms with Gasteiger partial charge in [0, 0.05) is 37.0 Å². The number of rotatable bonds is 5. The van der Waals surface area contributed by atoms with E-state index in [1.54, 1.807) is 0 Å². The number of aliphatic hydroxyl groups excluding tert-OH is 1. The molecule has 0 atom stereocenters. The molecule has 0 aliphatic heterocycles. The third kappa shape index (κ3) is 2.44. The van der Waals surface area contributed by atoms with Gasteiger partial charge in [0.2, 0.25) is 0 Å². The van der Waals surface area contributed by atoms with Crippen molar-refractivity contribution in [1.29, 1.82) is 0 Å². The van der Waals surface area contributed by atoms with Gasteiger partial charge in [-0.25, -0.2) is 4.98 Å². The minimum atomic E-state index is 0.170. The van der Waals surface area contributed by atoms with Gasteiger partial charge in [-0.3, -0.25) is 4.90 Å². The van der Waals surface area contributed by atoms with Gasteiger partial charge in [0.05, 0.1) is 0 Å². The first-order valence-electron chi connectivity index (χ1n) is 5.93. The van der Waals surface area contributed by atoms with Crippen LogP contribution in [0.1, 0.15) is 30.8 Å². The second-order valence-electron chi connectivity index (χ2n) is 5.18. The molecule has 1 aliphatic carbocycles. The number of aliphatic hydroxyl groups is 1. The third-order valence-electron chi connectivity index (χ3n) is 3.55. The zero-order chi connectivity index (χ0) is 11.6. The van der Waals surface area contributed by atoms with Crippen LogP contribution in [0.25, 0.3) is 0 Å². The Balaban J connectivity index is 1.86. The smallest absolute Gasteiger partial charge is 0.103 e. The number of hydrogen-bond donors (Lipinski definition) is 2. The van der Waals surface area contributed by atoms with Gasteiger partial charge in [0.1, 0.15) is 5.82 Å². The van der Waals surface area contributed by atoms with Crippen LogP contribution in [0, 0.1) is 12.3 Å². The molecule has 0 aromatic carbocycles. The second-order valence-corrected chi connectivity index (χ2v) is 5.18. The Bertz CT molecular complexity index is 338. The Morgan fingerprint density at radius 2 is 2.31 bits per heavy atom. The Morgan fingerprint density at radius 3 is 2.75 bits per heavy atom. The van der Waals surface area contributed by atoms with Crippen molar-refractivity contribution in [2.45, 2.75) is 32.7 Å². The average molecular weight is 223 g/mol. The molecule has 1 aliphatic rings. The second kappa shape index (κ2) is 4.55. The fourth-order valence-corrected chi connectivity index (χ4v) is 2.51. The van der Waals surface area contributed by atoms with E-state index in [4.69, 9.17) is 0 Å². The van der Waals surface area contributed by atoms with Gasteiger partial charge in [0.15, 0.2) is 0 Å². The van der Waals surface area contributed by atoms with Crippen molar-refractivity contribution >= 4 is 0 Å². The summed E-state index contributed by atoms with van der Waals surface area (Å²) in [6, 6.07) is 0. The molecule has 1 heterocycles. The maximum absolute atomic E-state index is 9.41. The third-order valence-corrected chi connectivity index (χ3v) is 3.55. The van der Waals surface area contributed by atoms with Crippen LogP contribution in [0.3, 0.4) is 0 Å². The lowest BCUT2D eigenvalue weighted by Crippen LogP contribution is -2.43. The lowest BCUT2D eigenvalue weighted by atomic mass is 9.69. The largest absolute Gasteiger partial charge is 0.396 e. The first-order chi connectivity index (χ1) is 7.63. The minimum absolute atomic E-state index is 0.170. The predicted molar refractivity (Wildman–Crippen MR) is 63.0 cm³/mol. The molecule has 1 aromatic rings. The Morgan fingerprint density at radius 1 is 1.56 bits per heavy atom. The van der Waals surface area contributed by atoms with Gasteiger partial charge < -0.3 is 10.1 Å². The van der Waals surface area contributed by atoms with E-state index in [1.165, 1.54) is 6.42 Å². The van der Waals surface area contributed by atoms with E-state index < -0.39 is 0 Å². The van der Waals surface area contributed by atoms with E-state index in [2.05, 4.69) is 21.9 Å². The summed E-state index contributed by atoms with van der Waals surface area (Å²) in [5.74, 6) is 0.962. The van der Waals surface area contributed by atoms with Crippen LogP contribution in [-0.2, 0) is 6.54 Å². The van der Waals surface area contributed by atoms with Crippen LogP contribution >= 0.6 is 0 Å². The Hall–Kier alpha value is -0.870. The summed E-state index contributed by atoms with van der Waals surface area (Å²) in [5, 5.41) is 9.41. The van der Waals surface area contributed by atoms with Crippen molar-refractivity contribution in [3.05, 3.63) is 17.7 Å². The van der Waals surface area contributed by atoms with Crippen LogP contribution in [0.15, 0.2) is 6.20 Å². The molecule has 0 amide bonds. The molecule has 1 saturated carbocycles. The van der Waals surface area contributed by atoms with Gasteiger partial charge in [-0.1, -0.05) is 6.42 Å². The number of imidazole rings is 1. The molecular weight excluding hydrogens is 202 g/mol. The fraction of sp³-hybridized carbons (Fsp3) is 0.750. The molecule has 1 aromatic heterocycles. The van der Waals surface area contributed by atoms with Gasteiger partial charge in [-0.15, -0.1) is 0 Å². The highest BCUT2D eigenvalue weighted by Crippen LogP contribution is 2.40. The van der Waals surface area contributed by atoms with Gasteiger partial charge in [-0.05, 0) is 26.8 Å². The normalized spacial score (nSPS) is 18.8. The topological polar surface area (TPSA) is 52.1 Å². The van der Waals surface area contributed by atoms with Crippen molar-refractivity contribution in [2.75, 3.05) is 20.2 Å². The van der Waals surface area contributed by atoms with Crippen LogP contribution in [0.4, 0.5) is 0 Å². The summed E-state index contributed by atoms with van der Waals surface area (Å²) in [4.78, 5) is 9.69. The monoisotopic (exact) mass is 223 g/mol. The zero-order valence-electron chi connectivity index (χ0n) is 10.2. The molecule has 2 N–H and O–H groups in total. The molecule has 1 fully saturated rings. The lowest BCUT2D eigenvalue weighted by Gasteiger charge is -2.42. The van der Waals surface area contributed by atoms with Crippen molar-refractivity contribution in [3.8, 4) is 0 Å². The molecule has 4 heteroatoms. The van der Waals surface area contributed by atoms with Crippen molar-refractivity contribution in [2.24, 2.45) is 5.41 Å². The van der Waals surface area contributed by atoms with Crippen LogP contribution < -0.4 is 0 Å². The summed E-state index contributed by atoms with van der Waals surface area (Å²) >= 11 is 0. The number of aromatic amines is 1. The Labute approximate surface area is 96.7 Å². The van der Waals surface area contributed by atoms with E-state index >= 15 is 0 Å². The molecule has 0 saturated heterocycles. The number of H-pyrrole nitrogens is 1. The van der Waals surface area contributed by atoms with Crippen LogP contribution in [0.2, 0.25) is 0 Å². The SMILES string of the molecule is Cc1ncc(CN(C)CC2(CO)CCC2)[nH]1. The predicted octanol–water partition coefficient (Wildman–Crippen LogP) is 1.31. The highest BCUT2D eigenvalue weighted by Gasteiger charge is 2.37. The fourth-order valence-electron chi connectivity index (χ4n) is 2.51. The van der Waals surface area contributed by atoms with E-state index in [1.807, 2.05) is 13.1 Å². The molecule has 90 valence electrons. The first kappa shape index (κ1) is 11.6. The quantitative estimate of drug-likeness (QED) is 0.791. The molecule has 4 nitrogen and oxygen atoms in total. The van der Waals surface area contributed by atoms with Gasteiger partial charge >= 0.3 is 0 Å². The summed E-state index contributed by atoms with van der Waals surface area (Å²) in [5.41, 5.74) is 1.32. The molecule has 0 bridgehead atoms. The van der Waals surface area contributed by atoms with E-state index in [-0.39, 0.29) is 5.41 Å². The summed E-state index contributed by atoms with van der Waals surface area (Å²) in [6.07, 6.45) is 5.47. The van der Waals surface area contributed by atoms with Crippen LogP contribution in [-0.4, -0.2) is 40.2 Å². The van der Waals surface area contributed by atoms with E-state index in [0.717, 1.165) is 37.4 Å². The summed E-state index contributed by atoms with van der Waals surface area (Å²) < 4.78 is 0. The molecule has 16 heavy (non-hydrogen) atoms. The summed E-state index contributed by atoms with van der Waals surface area (Å²) in [7, 11) is 2.10. The van der Waals surface area contributed by atoms with Crippen LogP contribution in [0.5, 0.6) is 0 Å². The number of nitrogens with one attached hydrogen (secondary N) is 1. The lowest BCUT2D eigenvalue weighted by molar-refractivity contribution is 0.0125. The van der Waals surface area contributed by atoms with Crippen molar-refractivity contribution in [3.63, 3.8) is 0 Å². The minimum Gasteiger partial charge on any atom is -0.396 e. The van der Waals surface area contributed by atoms with Gasteiger partial charge in [0.25, 0.3) is 0 Å². The first-order valence-corrected chi connectivity index (χ1v) is 5.93. The maximum atomic E-state index is 9.41. The molecule has 0 unspecified atom stereocenters. The molecule has 0 radical (unpaired) electrons. The van der Waals surface area contributed by atoms with Gasteiger partial charge in [-0.2, -0.15) is 0 Å². The zero-order valence-corrected chi connectivity index (χ0v) is 10.2. The Kier molecular flexibility index (Phi) is 3.30. The highest BCUT2D eigenvalue weighted by molar-refractivity contribution is 5.00. The van der Waals surface area contributed by atoms with Crippen molar-refractivity contribution < 1.29 is 5.11 Å². The number of hydrogen-bond acceptors (Lipinski definition) is 3.